The number of nitrogens with zero attached hydrogens (tertiary/aromatic N) is 3. The van der Waals surface area contributed by atoms with Crippen LogP contribution < -0.4 is 34.0 Å². The monoisotopic (exact) mass is 709 g/mol. The first kappa shape index (κ1) is 34.2. The van der Waals surface area contributed by atoms with Gasteiger partial charge in [0, 0.05) is 36.3 Å². The minimum absolute atomic E-state index is 0.187. The van der Waals surface area contributed by atoms with Crippen LogP contribution in [-0.4, -0.2) is 21.1 Å². The van der Waals surface area contributed by atoms with Gasteiger partial charge in [-0.1, -0.05) is 67.6 Å². The van der Waals surface area contributed by atoms with Gasteiger partial charge in [0.25, 0.3) is 8.38 Å². The van der Waals surface area contributed by atoms with E-state index in [9.17, 15) is 0 Å². The van der Waals surface area contributed by atoms with Crippen molar-refractivity contribution in [2.24, 2.45) is 0 Å². The van der Waals surface area contributed by atoms with Crippen LogP contribution in [0.5, 0.6) is 23.0 Å². The van der Waals surface area contributed by atoms with Gasteiger partial charge in [0.05, 0.1) is 29.6 Å². The standard InChI is InChI=1S/C37H34N3O6P3/c1-2-25-47(43-31-14-11-23-39-27-31)45-34-18-6-8-20-36(34)49(41,33-16-4-3-5-17-33)37-21-9-7-19-35(37)46-48(44-32-15-12-24-40-28-32)42-29-30-13-10-22-38-26-30/h3-24,26-28H,2,25,29H2,1H3. The molecule has 6 aromatic rings. The average molecular weight is 710 g/mol. The van der Waals surface area contributed by atoms with Gasteiger partial charge in [0.2, 0.25) is 0 Å². The van der Waals surface area contributed by atoms with Gasteiger partial charge in [-0.2, -0.15) is 0 Å². The van der Waals surface area contributed by atoms with Crippen LogP contribution in [0, 0.1) is 0 Å². The summed E-state index contributed by atoms with van der Waals surface area (Å²) in [5, 5.41) is 1.60. The normalized spacial score (nSPS) is 13.4. The van der Waals surface area contributed by atoms with Crippen molar-refractivity contribution < 1.29 is 27.2 Å². The van der Waals surface area contributed by atoms with Crippen LogP contribution in [0.3, 0.4) is 0 Å². The van der Waals surface area contributed by atoms with Crippen LogP contribution in [0.2, 0.25) is 0 Å². The van der Waals surface area contributed by atoms with Crippen molar-refractivity contribution in [1.29, 1.82) is 0 Å². The zero-order valence-electron chi connectivity index (χ0n) is 26.7. The average Bonchev–Trinajstić information content (AvgIpc) is 3.16. The number of hydrogen-bond donors (Lipinski definition) is 0. The Morgan fingerprint density at radius 3 is 1.76 bits per heavy atom. The Labute approximate surface area is 288 Å². The lowest BCUT2D eigenvalue weighted by atomic mass is 10.3. The van der Waals surface area contributed by atoms with E-state index in [1.807, 2.05) is 97.1 Å². The quantitative estimate of drug-likeness (QED) is 0.0915. The Balaban J connectivity index is 1.39. The van der Waals surface area contributed by atoms with Crippen molar-refractivity contribution in [2.75, 3.05) is 6.16 Å². The van der Waals surface area contributed by atoms with Crippen LogP contribution in [0.15, 0.2) is 152 Å². The molecular weight excluding hydrogens is 675 g/mol. The van der Waals surface area contributed by atoms with Crippen molar-refractivity contribution in [3.8, 4) is 23.0 Å². The lowest BCUT2D eigenvalue weighted by Gasteiger charge is -2.26. The van der Waals surface area contributed by atoms with Gasteiger partial charge in [0.1, 0.15) is 23.0 Å². The van der Waals surface area contributed by atoms with Gasteiger partial charge in [-0.15, -0.1) is 0 Å². The van der Waals surface area contributed by atoms with E-state index in [-0.39, 0.29) is 6.61 Å². The Bertz CT molecular complexity index is 1940. The molecule has 0 saturated heterocycles. The summed E-state index contributed by atoms with van der Waals surface area (Å²) < 4.78 is 47.8. The third-order valence-electron chi connectivity index (χ3n) is 7.02. The predicted molar refractivity (Wildman–Crippen MR) is 195 cm³/mol. The van der Waals surface area contributed by atoms with E-state index in [2.05, 4.69) is 21.9 Å². The van der Waals surface area contributed by atoms with Crippen LogP contribution in [0.1, 0.15) is 18.9 Å². The molecule has 3 unspecified atom stereocenters. The van der Waals surface area contributed by atoms with E-state index in [4.69, 9.17) is 22.6 Å². The molecule has 3 heterocycles. The second-order valence-corrected chi connectivity index (χ2v) is 15.8. The fourth-order valence-corrected chi connectivity index (χ4v) is 10.1. The Morgan fingerprint density at radius 1 is 0.592 bits per heavy atom. The van der Waals surface area contributed by atoms with Gasteiger partial charge in [-0.25, -0.2) is 0 Å². The van der Waals surface area contributed by atoms with E-state index < -0.39 is 24.1 Å². The minimum atomic E-state index is -3.66. The highest BCUT2D eigenvalue weighted by Crippen LogP contribution is 2.52. The first-order chi connectivity index (χ1) is 24.1. The molecule has 0 radical (unpaired) electrons. The molecule has 0 fully saturated rings. The highest BCUT2D eigenvalue weighted by atomic mass is 31.2. The third kappa shape index (κ3) is 8.89. The van der Waals surface area contributed by atoms with E-state index in [1.54, 1.807) is 55.4 Å². The van der Waals surface area contributed by atoms with Crippen molar-refractivity contribution in [3.63, 3.8) is 0 Å². The van der Waals surface area contributed by atoms with Crippen LogP contribution in [0.25, 0.3) is 0 Å². The summed E-state index contributed by atoms with van der Waals surface area (Å²) in [7, 11) is -7.12. The smallest absolute Gasteiger partial charge is 0.438 e. The molecule has 12 heteroatoms. The van der Waals surface area contributed by atoms with E-state index >= 15 is 4.57 Å². The lowest BCUT2D eigenvalue weighted by Crippen LogP contribution is -2.27. The maximum absolute atomic E-state index is 16.0. The molecule has 0 saturated carbocycles. The molecule has 3 aromatic carbocycles. The van der Waals surface area contributed by atoms with E-state index in [1.165, 1.54) is 0 Å². The summed E-state index contributed by atoms with van der Waals surface area (Å²) >= 11 is 0. The van der Waals surface area contributed by atoms with Crippen LogP contribution >= 0.6 is 24.1 Å². The van der Waals surface area contributed by atoms with E-state index in [0.29, 0.717) is 45.1 Å². The second kappa shape index (κ2) is 17.1. The van der Waals surface area contributed by atoms with Crippen LogP contribution in [0.4, 0.5) is 0 Å². The number of aromatic nitrogens is 3. The molecule has 0 bridgehead atoms. The molecular formula is C37H34N3O6P3. The molecule has 6 rings (SSSR count). The molecule has 0 aliphatic heterocycles. The zero-order chi connectivity index (χ0) is 33.7. The van der Waals surface area contributed by atoms with Gasteiger partial charge in [-0.05, 0) is 66.6 Å². The molecule has 0 aliphatic rings. The van der Waals surface area contributed by atoms with Crippen molar-refractivity contribution >= 4 is 40.0 Å². The molecule has 0 N–H and O–H groups in total. The molecule has 49 heavy (non-hydrogen) atoms. The van der Waals surface area contributed by atoms with Gasteiger partial charge in [-0.3, -0.25) is 19.5 Å². The zero-order valence-corrected chi connectivity index (χ0v) is 29.4. The SMILES string of the molecule is CCCP(Oc1cccnc1)Oc1ccccc1P(=O)(c1ccccc1)c1ccccc1OP(OCc1cccnc1)Oc1cccnc1. The largest absolute Gasteiger partial charge is 0.463 e. The summed E-state index contributed by atoms with van der Waals surface area (Å²) in [6.45, 7) is 2.26. The molecule has 248 valence electrons. The summed E-state index contributed by atoms with van der Waals surface area (Å²) in [4.78, 5) is 12.5. The molecule has 0 aliphatic carbocycles. The van der Waals surface area contributed by atoms with Crippen molar-refractivity contribution in [3.05, 3.63) is 158 Å². The first-order valence-corrected chi connectivity index (χ1v) is 19.8. The summed E-state index contributed by atoms with van der Waals surface area (Å²) in [6.07, 6.45) is 11.5. The Kier molecular flexibility index (Phi) is 12.0. The van der Waals surface area contributed by atoms with Gasteiger partial charge < -0.3 is 22.7 Å². The minimum Gasteiger partial charge on any atom is -0.438 e. The maximum atomic E-state index is 16.0. The highest BCUT2D eigenvalue weighted by Gasteiger charge is 2.37. The van der Waals surface area contributed by atoms with Crippen molar-refractivity contribution in [1.82, 2.24) is 15.0 Å². The highest BCUT2D eigenvalue weighted by molar-refractivity contribution is 7.85. The molecule has 3 atom stereocenters. The maximum Gasteiger partial charge on any atom is 0.463 e. The molecule has 0 amide bonds. The Hall–Kier alpha value is -4.64. The summed E-state index contributed by atoms with van der Waals surface area (Å²) in [5.41, 5.74) is 0.847. The third-order valence-corrected chi connectivity index (χ3v) is 12.8. The number of para-hydroxylation sites is 2. The number of hydrogen-bond acceptors (Lipinski definition) is 9. The Morgan fingerprint density at radius 2 is 1.16 bits per heavy atom. The van der Waals surface area contributed by atoms with Gasteiger partial charge >= 0.3 is 8.60 Å². The number of pyridine rings is 3. The van der Waals surface area contributed by atoms with E-state index in [0.717, 1.165) is 12.0 Å². The van der Waals surface area contributed by atoms with Gasteiger partial charge in [0.15, 0.2) is 7.14 Å². The summed E-state index contributed by atoms with van der Waals surface area (Å²) in [6, 6.07) is 35.0. The fraction of sp³-hybridized carbons (Fsp3) is 0.108. The second-order valence-electron chi connectivity index (χ2n) is 10.5. The first-order valence-electron chi connectivity index (χ1n) is 15.6. The van der Waals surface area contributed by atoms with Crippen LogP contribution in [-0.2, 0) is 15.7 Å². The summed E-state index contributed by atoms with van der Waals surface area (Å²) in [5.74, 6) is 1.90. The lowest BCUT2D eigenvalue weighted by molar-refractivity contribution is 0.256. The molecule has 0 spiro atoms. The molecule has 9 nitrogen and oxygen atoms in total. The van der Waals surface area contributed by atoms with Crippen molar-refractivity contribution in [2.45, 2.75) is 20.0 Å². The molecule has 3 aromatic heterocycles. The topological polar surface area (TPSA) is 102 Å². The fourth-order valence-electron chi connectivity index (χ4n) is 4.81. The number of rotatable bonds is 16. The number of benzene rings is 3. The predicted octanol–water partition coefficient (Wildman–Crippen LogP) is 8.59.